The fourth-order valence-electron chi connectivity index (χ4n) is 3.41. The van der Waals surface area contributed by atoms with Gasteiger partial charge in [0.1, 0.15) is 0 Å². The van der Waals surface area contributed by atoms with Gasteiger partial charge < -0.3 is 4.90 Å². The molecule has 0 spiro atoms. The van der Waals surface area contributed by atoms with E-state index in [4.69, 9.17) is 4.98 Å². The first-order valence-corrected chi connectivity index (χ1v) is 8.36. The molecule has 0 atom stereocenters. The standard InChI is InChI=1S/C17H20N2S/c1-19-8-6-12(7-9-19)10-16-18-17-14-5-3-2-4-13(14)11-15(17)20-16/h2-5,12H,6-11H2,1H3. The summed E-state index contributed by atoms with van der Waals surface area (Å²) in [5.74, 6) is 0.840. The number of benzene rings is 1. The van der Waals surface area contributed by atoms with Crippen molar-refractivity contribution in [2.75, 3.05) is 20.1 Å². The number of fused-ring (bicyclic) bond motifs is 3. The summed E-state index contributed by atoms with van der Waals surface area (Å²) in [6.07, 6.45) is 4.94. The summed E-state index contributed by atoms with van der Waals surface area (Å²) in [7, 11) is 2.23. The Hall–Kier alpha value is -1.19. The minimum Gasteiger partial charge on any atom is -0.306 e. The second-order valence-corrected chi connectivity index (χ2v) is 7.33. The van der Waals surface area contributed by atoms with Crippen molar-refractivity contribution in [1.82, 2.24) is 9.88 Å². The Bertz CT molecular complexity index is 624. The predicted molar refractivity (Wildman–Crippen MR) is 84.3 cm³/mol. The SMILES string of the molecule is CN1CCC(Cc2nc3c(s2)Cc2ccccc2-3)CC1. The molecule has 0 N–H and O–H groups in total. The topological polar surface area (TPSA) is 16.1 Å². The lowest BCUT2D eigenvalue weighted by atomic mass is 9.94. The zero-order chi connectivity index (χ0) is 13.5. The third-order valence-corrected chi connectivity index (χ3v) is 5.74. The summed E-state index contributed by atoms with van der Waals surface area (Å²) in [5, 5.41) is 1.36. The average molecular weight is 284 g/mol. The van der Waals surface area contributed by atoms with Crippen LogP contribution in [0, 0.1) is 5.92 Å². The Morgan fingerprint density at radius 3 is 2.90 bits per heavy atom. The number of piperidine rings is 1. The molecular formula is C17H20N2S. The van der Waals surface area contributed by atoms with Crippen LogP contribution in [-0.2, 0) is 12.8 Å². The van der Waals surface area contributed by atoms with Crippen molar-refractivity contribution in [2.45, 2.75) is 25.7 Å². The largest absolute Gasteiger partial charge is 0.306 e. The number of hydrogen-bond donors (Lipinski definition) is 0. The van der Waals surface area contributed by atoms with E-state index in [9.17, 15) is 0 Å². The highest BCUT2D eigenvalue weighted by Gasteiger charge is 2.24. The molecule has 3 heteroatoms. The molecule has 2 aliphatic rings. The third-order valence-electron chi connectivity index (χ3n) is 4.67. The second-order valence-electron chi connectivity index (χ2n) is 6.16. The molecule has 1 aromatic heterocycles. The van der Waals surface area contributed by atoms with Crippen LogP contribution >= 0.6 is 11.3 Å². The van der Waals surface area contributed by atoms with Gasteiger partial charge in [0, 0.05) is 23.3 Å². The zero-order valence-electron chi connectivity index (χ0n) is 11.9. The Morgan fingerprint density at radius 2 is 2.05 bits per heavy atom. The molecule has 0 saturated carbocycles. The Morgan fingerprint density at radius 1 is 1.25 bits per heavy atom. The summed E-state index contributed by atoms with van der Waals surface area (Å²) in [4.78, 5) is 8.87. The monoisotopic (exact) mass is 284 g/mol. The van der Waals surface area contributed by atoms with Gasteiger partial charge >= 0.3 is 0 Å². The molecule has 2 heterocycles. The van der Waals surface area contributed by atoms with Crippen LogP contribution in [0.25, 0.3) is 11.3 Å². The molecular weight excluding hydrogens is 264 g/mol. The van der Waals surface area contributed by atoms with Crippen molar-refractivity contribution in [3.05, 3.63) is 39.7 Å². The molecule has 2 nitrogen and oxygen atoms in total. The first-order chi connectivity index (χ1) is 9.79. The van der Waals surface area contributed by atoms with Crippen molar-refractivity contribution in [1.29, 1.82) is 0 Å². The van der Waals surface area contributed by atoms with Gasteiger partial charge in [0.15, 0.2) is 0 Å². The van der Waals surface area contributed by atoms with Crippen LogP contribution in [-0.4, -0.2) is 30.0 Å². The van der Waals surface area contributed by atoms with Gasteiger partial charge in [-0.2, -0.15) is 0 Å². The van der Waals surface area contributed by atoms with E-state index in [1.54, 1.807) is 0 Å². The van der Waals surface area contributed by atoms with E-state index < -0.39 is 0 Å². The first-order valence-electron chi connectivity index (χ1n) is 7.55. The van der Waals surface area contributed by atoms with Crippen molar-refractivity contribution in [2.24, 2.45) is 5.92 Å². The Kier molecular flexibility index (Phi) is 3.12. The summed E-state index contributed by atoms with van der Waals surface area (Å²) < 4.78 is 0. The number of rotatable bonds is 2. The minimum atomic E-state index is 0.840. The van der Waals surface area contributed by atoms with Gasteiger partial charge in [0.05, 0.1) is 10.7 Å². The summed E-state index contributed by atoms with van der Waals surface area (Å²) in [5.41, 5.74) is 4.09. The molecule has 0 radical (unpaired) electrons. The van der Waals surface area contributed by atoms with E-state index in [1.165, 1.54) is 59.1 Å². The molecule has 20 heavy (non-hydrogen) atoms. The van der Waals surface area contributed by atoms with Gasteiger partial charge in [-0.3, -0.25) is 0 Å². The number of hydrogen-bond acceptors (Lipinski definition) is 3. The molecule has 1 fully saturated rings. The van der Waals surface area contributed by atoms with Crippen LogP contribution < -0.4 is 0 Å². The summed E-state index contributed by atoms with van der Waals surface area (Å²) >= 11 is 1.95. The molecule has 0 unspecified atom stereocenters. The molecule has 1 aliphatic heterocycles. The predicted octanol–water partition coefficient (Wildman–Crippen LogP) is 3.60. The van der Waals surface area contributed by atoms with Gasteiger partial charge in [-0.05, 0) is 44.5 Å². The van der Waals surface area contributed by atoms with E-state index in [0.29, 0.717) is 0 Å². The lowest BCUT2D eigenvalue weighted by Crippen LogP contribution is -2.30. The van der Waals surface area contributed by atoms with Crippen LogP contribution in [0.2, 0.25) is 0 Å². The van der Waals surface area contributed by atoms with Crippen molar-refractivity contribution >= 4 is 11.3 Å². The Balaban J connectivity index is 1.53. The van der Waals surface area contributed by atoms with Crippen molar-refractivity contribution in [3.8, 4) is 11.3 Å². The average Bonchev–Trinajstić information content (AvgIpc) is 2.98. The highest BCUT2D eigenvalue weighted by Crippen LogP contribution is 2.40. The summed E-state index contributed by atoms with van der Waals surface area (Å²) in [6, 6.07) is 8.72. The molecule has 2 aromatic rings. The smallest absolute Gasteiger partial charge is 0.0938 e. The quantitative estimate of drug-likeness (QED) is 0.715. The van der Waals surface area contributed by atoms with Crippen LogP contribution in [0.15, 0.2) is 24.3 Å². The molecule has 104 valence electrons. The highest BCUT2D eigenvalue weighted by molar-refractivity contribution is 7.12. The van der Waals surface area contributed by atoms with E-state index in [-0.39, 0.29) is 0 Å². The number of thiazole rings is 1. The van der Waals surface area contributed by atoms with Crippen molar-refractivity contribution in [3.63, 3.8) is 0 Å². The fraction of sp³-hybridized carbons (Fsp3) is 0.471. The van der Waals surface area contributed by atoms with Crippen LogP contribution in [0.1, 0.15) is 28.3 Å². The van der Waals surface area contributed by atoms with Crippen LogP contribution in [0.4, 0.5) is 0 Å². The second kappa shape index (κ2) is 4.97. The normalized spacial score (nSPS) is 19.1. The van der Waals surface area contributed by atoms with Crippen molar-refractivity contribution < 1.29 is 0 Å². The van der Waals surface area contributed by atoms with Crippen LogP contribution in [0.5, 0.6) is 0 Å². The lowest BCUT2D eigenvalue weighted by Gasteiger charge is -2.28. The Labute approximate surface area is 124 Å². The minimum absolute atomic E-state index is 0.840. The van der Waals surface area contributed by atoms with E-state index in [1.807, 2.05) is 11.3 Å². The van der Waals surface area contributed by atoms with E-state index in [2.05, 4.69) is 36.2 Å². The van der Waals surface area contributed by atoms with Gasteiger partial charge in [-0.15, -0.1) is 11.3 Å². The molecule has 1 aromatic carbocycles. The third kappa shape index (κ3) is 2.19. The molecule has 1 saturated heterocycles. The molecule has 0 amide bonds. The van der Waals surface area contributed by atoms with E-state index in [0.717, 1.165) is 12.3 Å². The maximum absolute atomic E-state index is 4.95. The number of nitrogens with zero attached hydrogens (tertiary/aromatic N) is 2. The lowest BCUT2D eigenvalue weighted by molar-refractivity contribution is 0.219. The first kappa shape index (κ1) is 12.5. The molecule has 1 aliphatic carbocycles. The maximum Gasteiger partial charge on any atom is 0.0938 e. The van der Waals surface area contributed by atoms with Gasteiger partial charge in [0.25, 0.3) is 0 Å². The fourth-order valence-corrected chi connectivity index (χ4v) is 4.63. The molecule has 0 bridgehead atoms. The summed E-state index contributed by atoms with van der Waals surface area (Å²) in [6.45, 7) is 2.50. The zero-order valence-corrected chi connectivity index (χ0v) is 12.7. The van der Waals surface area contributed by atoms with Gasteiger partial charge in [-0.25, -0.2) is 4.98 Å². The van der Waals surface area contributed by atoms with Gasteiger partial charge in [-0.1, -0.05) is 24.3 Å². The van der Waals surface area contributed by atoms with Gasteiger partial charge in [0.2, 0.25) is 0 Å². The number of aromatic nitrogens is 1. The molecule has 4 rings (SSSR count). The maximum atomic E-state index is 4.95. The van der Waals surface area contributed by atoms with Crippen LogP contribution in [0.3, 0.4) is 0 Å². The van der Waals surface area contributed by atoms with E-state index >= 15 is 0 Å². The number of likely N-dealkylation sites (tertiary alicyclic amines) is 1. The highest BCUT2D eigenvalue weighted by atomic mass is 32.1.